The molecule has 0 saturated heterocycles. The third kappa shape index (κ3) is 4.47. The van der Waals surface area contributed by atoms with Crippen LogP contribution in [0.5, 0.6) is 0 Å². The Morgan fingerprint density at radius 1 is 0.562 bits per heavy atom. The molecule has 0 bridgehead atoms. The monoisotopic (exact) mass is 434 g/mol. The van der Waals surface area contributed by atoms with Crippen LogP contribution in [-0.2, 0) is 11.2 Å². The van der Waals surface area contributed by atoms with Gasteiger partial charge in [0.2, 0.25) is 0 Å². The summed E-state index contributed by atoms with van der Waals surface area (Å²) in [6.45, 7) is 0. The Balaban J connectivity index is 1.57. The summed E-state index contributed by atoms with van der Waals surface area (Å²) < 4.78 is 54.9. The molecule has 0 unspecified atom stereocenters. The molecule has 4 aromatic carbocycles. The fourth-order valence-corrected chi connectivity index (χ4v) is 3.58. The second-order valence-electron chi connectivity index (χ2n) is 7.43. The summed E-state index contributed by atoms with van der Waals surface area (Å²) in [4.78, 5) is 10.5. The van der Waals surface area contributed by atoms with Gasteiger partial charge in [-0.3, -0.25) is 0 Å². The molecule has 0 N–H and O–H groups in total. The lowest BCUT2D eigenvalue weighted by molar-refractivity contribution is -0.107. The smallest absolute Gasteiger partial charge is 0.194 e. The van der Waals surface area contributed by atoms with Gasteiger partial charge in [0, 0.05) is 12.0 Å². The van der Waals surface area contributed by atoms with Crippen LogP contribution in [-0.4, -0.2) is 6.29 Å². The molecule has 4 rings (SSSR count). The fourth-order valence-electron chi connectivity index (χ4n) is 3.58. The average Bonchev–Trinajstić information content (AvgIpc) is 2.81. The van der Waals surface area contributed by atoms with Crippen molar-refractivity contribution in [1.82, 2.24) is 0 Å². The normalized spacial score (nSPS) is 10.9. The lowest BCUT2D eigenvalue weighted by Crippen LogP contribution is -1.94. The van der Waals surface area contributed by atoms with E-state index in [1.807, 2.05) is 48.5 Å². The number of carbonyl (C=O) groups is 1. The van der Waals surface area contributed by atoms with E-state index in [0.717, 1.165) is 40.7 Å². The molecule has 0 amide bonds. The van der Waals surface area contributed by atoms with Gasteiger partial charge >= 0.3 is 0 Å². The standard InChI is InChI=1S/C27H18F4O/c28-24-14-21(11-12-23(24)22-15-25(29)27(31)26(30)16-22)20-9-7-19(8-10-20)18-5-3-17(4-6-18)2-1-13-32/h3-16H,1-2H2. The molecule has 0 fully saturated rings. The molecule has 0 saturated carbocycles. The molecular weight excluding hydrogens is 416 g/mol. The van der Waals surface area contributed by atoms with Crippen molar-refractivity contribution in [2.45, 2.75) is 12.8 Å². The average molecular weight is 434 g/mol. The Hall–Kier alpha value is -3.73. The molecule has 1 nitrogen and oxygen atoms in total. The Kier molecular flexibility index (Phi) is 6.17. The molecular formula is C27H18F4O. The van der Waals surface area contributed by atoms with Gasteiger partial charge in [0.1, 0.15) is 12.1 Å². The number of halogens is 4. The summed E-state index contributed by atoms with van der Waals surface area (Å²) in [7, 11) is 0. The van der Waals surface area contributed by atoms with Gasteiger partial charge in [0.05, 0.1) is 0 Å². The maximum Gasteiger partial charge on any atom is 0.194 e. The number of hydrogen-bond acceptors (Lipinski definition) is 1. The molecule has 5 heteroatoms. The predicted octanol–water partition coefficient (Wildman–Crippen LogP) is 7.38. The van der Waals surface area contributed by atoms with Gasteiger partial charge in [-0.15, -0.1) is 0 Å². The molecule has 32 heavy (non-hydrogen) atoms. The first kappa shape index (κ1) is 21.5. The molecule has 160 valence electrons. The van der Waals surface area contributed by atoms with Crippen LogP contribution in [0.1, 0.15) is 12.0 Å². The van der Waals surface area contributed by atoms with Crippen molar-refractivity contribution in [3.05, 3.63) is 108 Å². The van der Waals surface area contributed by atoms with Gasteiger partial charge in [0.25, 0.3) is 0 Å². The first-order valence-corrected chi connectivity index (χ1v) is 10.0. The number of rotatable bonds is 6. The van der Waals surface area contributed by atoms with E-state index in [-0.39, 0.29) is 11.1 Å². The first-order valence-electron chi connectivity index (χ1n) is 10.0. The number of aryl methyl sites for hydroxylation is 1. The highest BCUT2D eigenvalue weighted by Gasteiger charge is 2.14. The quantitative estimate of drug-likeness (QED) is 0.176. The predicted molar refractivity (Wildman–Crippen MR) is 117 cm³/mol. The number of hydrogen-bond donors (Lipinski definition) is 0. The molecule has 0 atom stereocenters. The SMILES string of the molecule is O=CCCc1ccc(-c2ccc(-c3ccc(-c4cc(F)c(F)c(F)c4)c(F)c3)cc2)cc1. The maximum atomic E-state index is 14.7. The van der Waals surface area contributed by atoms with E-state index in [9.17, 15) is 22.4 Å². The number of carbonyl (C=O) groups excluding carboxylic acids is 1. The molecule has 4 aromatic rings. The van der Waals surface area contributed by atoms with Gasteiger partial charge in [-0.1, -0.05) is 60.7 Å². The molecule has 0 radical (unpaired) electrons. The summed E-state index contributed by atoms with van der Waals surface area (Å²) in [5.41, 5.74) is 4.39. The molecule has 0 spiro atoms. The first-order chi connectivity index (χ1) is 15.5. The van der Waals surface area contributed by atoms with Crippen molar-refractivity contribution in [2.75, 3.05) is 0 Å². The van der Waals surface area contributed by atoms with E-state index >= 15 is 0 Å². The van der Waals surface area contributed by atoms with Crippen molar-refractivity contribution in [3.8, 4) is 33.4 Å². The van der Waals surface area contributed by atoms with E-state index in [4.69, 9.17) is 0 Å². The highest BCUT2D eigenvalue weighted by molar-refractivity contribution is 5.73. The van der Waals surface area contributed by atoms with Crippen LogP contribution >= 0.6 is 0 Å². The van der Waals surface area contributed by atoms with E-state index < -0.39 is 23.3 Å². The van der Waals surface area contributed by atoms with Crippen LogP contribution in [0.2, 0.25) is 0 Å². The molecule has 0 heterocycles. The van der Waals surface area contributed by atoms with Gasteiger partial charge in [-0.2, -0.15) is 0 Å². The minimum absolute atomic E-state index is 0.0159. The van der Waals surface area contributed by atoms with Crippen LogP contribution in [0.3, 0.4) is 0 Å². The lowest BCUT2D eigenvalue weighted by atomic mass is 9.97. The van der Waals surface area contributed by atoms with E-state index in [0.29, 0.717) is 18.4 Å². The largest absolute Gasteiger partial charge is 0.303 e. The van der Waals surface area contributed by atoms with E-state index in [1.54, 1.807) is 6.07 Å². The summed E-state index contributed by atoms with van der Waals surface area (Å²) in [5, 5.41) is 0. The second kappa shape index (κ2) is 9.18. The van der Waals surface area contributed by atoms with Crippen LogP contribution in [0.4, 0.5) is 17.6 Å². The van der Waals surface area contributed by atoms with Gasteiger partial charge in [-0.25, -0.2) is 17.6 Å². The van der Waals surface area contributed by atoms with Crippen LogP contribution < -0.4 is 0 Å². The zero-order valence-electron chi connectivity index (χ0n) is 16.9. The minimum atomic E-state index is -1.58. The highest BCUT2D eigenvalue weighted by atomic mass is 19.2. The Morgan fingerprint density at radius 2 is 1.03 bits per heavy atom. The molecule has 0 aliphatic rings. The van der Waals surface area contributed by atoms with Crippen molar-refractivity contribution in [2.24, 2.45) is 0 Å². The fraction of sp³-hybridized carbons (Fsp3) is 0.0741. The van der Waals surface area contributed by atoms with Crippen LogP contribution in [0, 0.1) is 23.3 Å². The van der Waals surface area contributed by atoms with Gasteiger partial charge < -0.3 is 4.79 Å². The summed E-state index contributed by atoms with van der Waals surface area (Å²) in [5.74, 6) is -4.98. The molecule has 0 aliphatic carbocycles. The van der Waals surface area contributed by atoms with Crippen LogP contribution in [0.15, 0.2) is 78.9 Å². The lowest BCUT2D eigenvalue weighted by Gasteiger charge is -2.09. The van der Waals surface area contributed by atoms with Crippen molar-refractivity contribution in [1.29, 1.82) is 0 Å². The third-order valence-electron chi connectivity index (χ3n) is 5.32. The van der Waals surface area contributed by atoms with Crippen molar-refractivity contribution in [3.63, 3.8) is 0 Å². The maximum absolute atomic E-state index is 14.7. The van der Waals surface area contributed by atoms with E-state index in [2.05, 4.69) is 0 Å². The number of benzene rings is 4. The molecule has 0 aliphatic heterocycles. The zero-order valence-corrected chi connectivity index (χ0v) is 16.9. The topological polar surface area (TPSA) is 17.1 Å². The Bertz CT molecular complexity index is 1240. The summed E-state index contributed by atoms with van der Waals surface area (Å²) in [6, 6.07) is 21.4. The zero-order chi connectivity index (χ0) is 22.7. The van der Waals surface area contributed by atoms with Crippen molar-refractivity contribution >= 4 is 6.29 Å². The minimum Gasteiger partial charge on any atom is -0.303 e. The Morgan fingerprint density at radius 3 is 1.56 bits per heavy atom. The van der Waals surface area contributed by atoms with Gasteiger partial charge in [-0.05, 0) is 58.0 Å². The van der Waals surface area contributed by atoms with E-state index in [1.165, 1.54) is 12.1 Å². The van der Waals surface area contributed by atoms with Gasteiger partial charge in [0.15, 0.2) is 17.5 Å². The third-order valence-corrected chi connectivity index (χ3v) is 5.32. The summed E-state index contributed by atoms with van der Waals surface area (Å²) in [6.07, 6.45) is 2.11. The second-order valence-corrected chi connectivity index (χ2v) is 7.43. The Labute approximate surface area is 183 Å². The highest BCUT2D eigenvalue weighted by Crippen LogP contribution is 2.31. The number of aldehydes is 1. The summed E-state index contributed by atoms with van der Waals surface area (Å²) >= 11 is 0. The van der Waals surface area contributed by atoms with Crippen LogP contribution in [0.25, 0.3) is 33.4 Å². The van der Waals surface area contributed by atoms with Crippen molar-refractivity contribution < 1.29 is 22.4 Å². The molecule has 0 aromatic heterocycles.